The van der Waals surface area contributed by atoms with E-state index in [0.29, 0.717) is 19.2 Å². The Hall–Kier alpha value is -2.70. The molecule has 3 rings (SSSR count). The summed E-state index contributed by atoms with van der Waals surface area (Å²) < 4.78 is 8.18. The van der Waals surface area contributed by atoms with Crippen LogP contribution in [0.4, 0.5) is 0 Å². The first kappa shape index (κ1) is 17.1. The third-order valence-electron chi connectivity index (χ3n) is 4.43. The van der Waals surface area contributed by atoms with Crippen LogP contribution in [0.1, 0.15) is 18.2 Å². The van der Waals surface area contributed by atoms with Crippen LogP contribution < -0.4 is 10.1 Å². The van der Waals surface area contributed by atoms with Gasteiger partial charge in [0, 0.05) is 36.1 Å². The average molecular weight is 332 g/mol. The summed E-state index contributed by atoms with van der Waals surface area (Å²) in [4.78, 5) is 0. The Balaban J connectivity index is 1.73. The molecule has 0 aliphatic carbocycles. The van der Waals surface area contributed by atoms with Crippen molar-refractivity contribution < 1.29 is 4.74 Å². The maximum absolute atomic E-state index is 5.94. The monoisotopic (exact) mass is 332 g/mol. The molecule has 1 N–H and O–H groups in total. The van der Waals surface area contributed by atoms with Crippen molar-refractivity contribution in [2.75, 3.05) is 6.54 Å². The lowest BCUT2D eigenvalue weighted by molar-refractivity contribution is 0.306. The Morgan fingerprint density at radius 3 is 2.72 bits per heavy atom. The van der Waals surface area contributed by atoms with Crippen LogP contribution in [0.5, 0.6) is 5.75 Å². The molecule has 1 aromatic heterocycles. The van der Waals surface area contributed by atoms with Crippen LogP contribution in [0.2, 0.25) is 0 Å². The predicted molar refractivity (Wildman–Crippen MR) is 104 cm³/mol. The first-order valence-corrected chi connectivity index (χ1v) is 8.59. The van der Waals surface area contributed by atoms with Gasteiger partial charge >= 0.3 is 0 Å². The number of ether oxygens (including phenoxy) is 1. The van der Waals surface area contributed by atoms with Crippen LogP contribution in [-0.4, -0.2) is 17.2 Å². The van der Waals surface area contributed by atoms with Crippen LogP contribution in [0, 0.1) is 12.3 Å². The molecule has 0 aliphatic heterocycles. The van der Waals surface area contributed by atoms with Gasteiger partial charge < -0.3 is 14.6 Å². The van der Waals surface area contributed by atoms with Gasteiger partial charge in [0.2, 0.25) is 0 Å². The van der Waals surface area contributed by atoms with Gasteiger partial charge in [0.15, 0.2) is 0 Å². The summed E-state index contributed by atoms with van der Waals surface area (Å²) in [5, 5.41) is 4.53. The van der Waals surface area contributed by atoms with Crippen LogP contribution in [-0.2, 0) is 20.1 Å². The van der Waals surface area contributed by atoms with Gasteiger partial charge in [-0.2, -0.15) is 0 Å². The number of fused-ring (bicyclic) bond motifs is 1. The summed E-state index contributed by atoms with van der Waals surface area (Å²) in [6.45, 7) is 3.34. The molecule has 0 spiro atoms. The maximum atomic E-state index is 5.94. The number of terminal acetylenes is 1. The van der Waals surface area contributed by atoms with E-state index in [4.69, 9.17) is 11.2 Å². The average Bonchev–Trinajstić information content (AvgIpc) is 2.94. The maximum Gasteiger partial charge on any atom is 0.120 e. The fourth-order valence-electron chi connectivity index (χ4n) is 3.03. The first-order chi connectivity index (χ1) is 12.2. The summed E-state index contributed by atoms with van der Waals surface area (Å²) in [6, 6.07) is 19.1. The lowest BCUT2D eigenvalue weighted by Gasteiger charge is -2.12. The molecule has 0 bridgehead atoms. The zero-order valence-electron chi connectivity index (χ0n) is 14.8. The normalized spacial score (nSPS) is 12.0. The molecule has 1 atom stereocenters. The quantitative estimate of drug-likeness (QED) is 0.664. The van der Waals surface area contributed by atoms with E-state index < -0.39 is 0 Å². The van der Waals surface area contributed by atoms with E-state index in [2.05, 4.69) is 60.1 Å². The minimum absolute atomic E-state index is 0.341. The number of benzene rings is 2. The molecule has 3 aromatic rings. The summed E-state index contributed by atoms with van der Waals surface area (Å²) in [5.41, 5.74) is 3.67. The van der Waals surface area contributed by atoms with Crippen molar-refractivity contribution in [3.8, 4) is 18.1 Å². The highest BCUT2D eigenvalue weighted by Crippen LogP contribution is 2.25. The smallest absolute Gasteiger partial charge is 0.120 e. The Bertz CT molecular complexity index is 874. The molecule has 0 fully saturated rings. The van der Waals surface area contributed by atoms with Gasteiger partial charge in [-0.25, -0.2) is 0 Å². The molecule has 2 aromatic carbocycles. The van der Waals surface area contributed by atoms with Crippen molar-refractivity contribution in [2.24, 2.45) is 7.05 Å². The third-order valence-corrected chi connectivity index (χ3v) is 4.43. The Kier molecular flexibility index (Phi) is 5.42. The molecule has 0 saturated heterocycles. The molecule has 0 amide bonds. The van der Waals surface area contributed by atoms with Gasteiger partial charge in [-0.15, -0.1) is 6.42 Å². The number of nitrogens with one attached hydrogen (secondary N) is 1. The number of hydrogen-bond acceptors (Lipinski definition) is 2. The third kappa shape index (κ3) is 4.23. The van der Waals surface area contributed by atoms with Crippen LogP contribution >= 0.6 is 0 Å². The number of nitrogens with zero attached hydrogens (tertiary/aromatic N) is 1. The van der Waals surface area contributed by atoms with Crippen molar-refractivity contribution in [1.29, 1.82) is 0 Å². The van der Waals surface area contributed by atoms with E-state index in [1.165, 1.54) is 22.2 Å². The van der Waals surface area contributed by atoms with Crippen molar-refractivity contribution in [1.82, 2.24) is 9.88 Å². The van der Waals surface area contributed by atoms with Gasteiger partial charge in [0.25, 0.3) is 0 Å². The Labute approximate surface area is 149 Å². The fourth-order valence-corrected chi connectivity index (χ4v) is 3.03. The highest BCUT2D eigenvalue weighted by atomic mass is 16.5. The summed E-state index contributed by atoms with van der Waals surface area (Å²) in [6.07, 6.45) is 6.25. The number of aromatic nitrogens is 1. The largest absolute Gasteiger partial charge is 0.489 e. The van der Waals surface area contributed by atoms with E-state index >= 15 is 0 Å². The van der Waals surface area contributed by atoms with Gasteiger partial charge in [-0.1, -0.05) is 36.3 Å². The molecule has 0 saturated carbocycles. The Morgan fingerprint density at radius 1 is 1.16 bits per heavy atom. The number of aryl methyl sites for hydroxylation is 1. The van der Waals surface area contributed by atoms with Gasteiger partial charge in [-0.05, 0) is 36.8 Å². The summed E-state index contributed by atoms with van der Waals surface area (Å²) in [7, 11) is 2.11. The standard InChI is InChI=1S/C22H24N2O/c1-4-12-23-17(2)13-20-14-19-15-21(10-11-22(19)24(20)3)25-16-18-8-6-5-7-9-18/h1,5-11,14-15,17,23H,12-13,16H2,2-3H3. The number of hydrogen-bond donors (Lipinski definition) is 1. The van der Waals surface area contributed by atoms with E-state index in [1.807, 2.05) is 24.3 Å². The summed E-state index contributed by atoms with van der Waals surface area (Å²) in [5.74, 6) is 3.52. The molecule has 1 heterocycles. The van der Waals surface area contributed by atoms with Gasteiger partial charge in [0.1, 0.15) is 12.4 Å². The van der Waals surface area contributed by atoms with Gasteiger partial charge in [0.05, 0.1) is 6.54 Å². The first-order valence-electron chi connectivity index (χ1n) is 8.59. The molecule has 25 heavy (non-hydrogen) atoms. The molecular formula is C22H24N2O. The van der Waals surface area contributed by atoms with Crippen LogP contribution in [0.25, 0.3) is 10.9 Å². The van der Waals surface area contributed by atoms with Crippen molar-refractivity contribution in [3.63, 3.8) is 0 Å². The molecule has 128 valence electrons. The molecular weight excluding hydrogens is 308 g/mol. The van der Waals surface area contributed by atoms with Gasteiger partial charge in [-0.3, -0.25) is 0 Å². The van der Waals surface area contributed by atoms with Crippen molar-refractivity contribution in [2.45, 2.75) is 26.0 Å². The molecule has 1 unspecified atom stereocenters. The van der Waals surface area contributed by atoms with Crippen LogP contribution in [0.15, 0.2) is 54.6 Å². The molecule has 3 heteroatoms. The summed E-state index contributed by atoms with van der Waals surface area (Å²) >= 11 is 0. The van der Waals surface area contributed by atoms with E-state index in [-0.39, 0.29) is 0 Å². The zero-order valence-corrected chi connectivity index (χ0v) is 14.8. The lowest BCUT2D eigenvalue weighted by Crippen LogP contribution is -2.28. The molecule has 0 aliphatic rings. The minimum atomic E-state index is 0.341. The SMILES string of the molecule is C#CCNC(C)Cc1cc2cc(OCc3ccccc3)ccc2n1C. The molecule has 3 nitrogen and oxygen atoms in total. The highest BCUT2D eigenvalue weighted by Gasteiger charge is 2.10. The van der Waals surface area contributed by atoms with E-state index in [0.717, 1.165) is 12.2 Å². The topological polar surface area (TPSA) is 26.2 Å². The minimum Gasteiger partial charge on any atom is -0.489 e. The predicted octanol–water partition coefficient (Wildman–Crippen LogP) is 3.91. The van der Waals surface area contributed by atoms with E-state index in [1.54, 1.807) is 0 Å². The van der Waals surface area contributed by atoms with E-state index in [9.17, 15) is 0 Å². The Morgan fingerprint density at radius 2 is 1.96 bits per heavy atom. The van der Waals surface area contributed by atoms with Crippen LogP contribution in [0.3, 0.4) is 0 Å². The highest BCUT2D eigenvalue weighted by molar-refractivity contribution is 5.82. The lowest BCUT2D eigenvalue weighted by atomic mass is 10.1. The second-order valence-corrected chi connectivity index (χ2v) is 6.38. The molecule has 0 radical (unpaired) electrons. The zero-order chi connectivity index (χ0) is 17.6. The fraction of sp³-hybridized carbons (Fsp3) is 0.273. The van der Waals surface area contributed by atoms with Crippen molar-refractivity contribution >= 4 is 10.9 Å². The number of rotatable bonds is 7. The second kappa shape index (κ2) is 7.92. The van der Waals surface area contributed by atoms with Crippen molar-refractivity contribution in [3.05, 3.63) is 65.9 Å². The second-order valence-electron chi connectivity index (χ2n) is 6.38.